The molecule has 0 bridgehead atoms. The summed E-state index contributed by atoms with van der Waals surface area (Å²) in [5.74, 6) is -1.96. The molecule has 0 saturated heterocycles. The van der Waals surface area contributed by atoms with E-state index in [1.807, 2.05) is 0 Å². The Morgan fingerprint density at radius 3 is 2.58 bits per heavy atom. The maximum atomic E-state index is 11.5. The summed E-state index contributed by atoms with van der Waals surface area (Å²) >= 11 is 0. The van der Waals surface area contributed by atoms with Crippen LogP contribution >= 0.6 is 0 Å². The lowest BCUT2D eigenvalue weighted by molar-refractivity contribution is -0.173. The molecule has 0 aromatic rings. The van der Waals surface area contributed by atoms with E-state index in [0.29, 0.717) is 0 Å². The van der Waals surface area contributed by atoms with Gasteiger partial charge < -0.3 is 10.1 Å². The molecule has 0 atom stereocenters. The summed E-state index contributed by atoms with van der Waals surface area (Å²) in [5, 5.41) is 1.62. The minimum atomic E-state index is -4.83. The number of alkyl halides is 3. The van der Waals surface area contributed by atoms with Gasteiger partial charge in [0.1, 0.15) is 6.61 Å². The normalized spacial score (nSPS) is 10.6. The van der Waals surface area contributed by atoms with Crippen LogP contribution in [0.3, 0.4) is 0 Å². The molecule has 1 N–H and O–H groups in total. The molecular weight excluding hydrogens is 175 g/mol. The van der Waals surface area contributed by atoms with E-state index in [1.54, 1.807) is 5.32 Å². The molecule has 70 valence electrons. The first kappa shape index (κ1) is 10.8. The van der Waals surface area contributed by atoms with Crippen LogP contribution in [0.1, 0.15) is 0 Å². The Bertz CT molecular complexity index is 167. The summed E-state index contributed by atoms with van der Waals surface area (Å²) in [6.45, 7) is 2.96. The molecule has 0 aromatic heterocycles. The van der Waals surface area contributed by atoms with E-state index in [2.05, 4.69) is 11.3 Å². The standard InChI is InChI=1S/C6H8F3NO2/c1-2-12-4-3-10-5(11)6(7,8)9/h2H,1,3-4H2,(H,10,11). The maximum absolute atomic E-state index is 11.5. The molecule has 3 nitrogen and oxygen atoms in total. The van der Waals surface area contributed by atoms with Crippen molar-refractivity contribution < 1.29 is 22.7 Å². The third kappa shape index (κ3) is 4.59. The van der Waals surface area contributed by atoms with Gasteiger partial charge in [-0.15, -0.1) is 0 Å². The summed E-state index contributed by atoms with van der Waals surface area (Å²) in [4.78, 5) is 10.1. The van der Waals surface area contributed by atoms with E-state index in [0.717, 1.165) is 6.26 Å². The highest BCUT2D eigenvalue weighted by Crippen LogP contribution is 2.13. The Balaban J connectivity index is 3.51. The second-order valence-electron chi connectivity index (χ2n) is 1.79. The molecule has 0 aromatic carbocycles. The van der Waals surface area contributed by atoms with Gasteiger partial charge in [-0.05, 0) is 0 Å². The molecule has 12 heavy (non-hydrogen) atoms. The lowest BCUT2D eigenvalue weighted by Gasteiger charge is -2.06. The van der Waals surface area contributed by atoms with Crippen molar-refractivity contribution in [2.24, 2.45) is 0 Å². The van der Waals surface area contributed by atoms with E-state index in [9.17, 15) is 18.0 Å². The number of carbonyl (C=O) groups excluding carboxylic acids is 1. The van der Waals surface area contributed by atoms with Gasteiger partial charge >= 0.3 is 12.1 Å². The first-order valence-electron chi connectivity index (χ1n) is 3.06. The SMILES string of the molecule is C=COCCNC(=O)C(F)(F)F. The zero-order chi connectivity index (χ0) is 9.61. The van der Waals surface area contributed by atoms with Gasteiger partial charge in [0.2, 0.25) is 0 Å². The number of ether oxygens (including phenoxy) is 1. The molecule has 0 spiro atoms. The number of carbonyl (C=O) groups is 1. The molecule has 0 aliphatic rings. The van der Waals surface area contributed by atoms with E-state index >= 15 is 0 Å². The molecular formula is C6H8F3NO2. The Morgan fingerprint density at radius 1 is 1.58 bits per heavy atom. The van der Waals surface area contributed by atoms with Crippen molar-refractivity contribution >= 4 is 5.91 Å². The van der Waals surface area contributed by atoms with E-state index in [1.165, 1.54) is 0 Å². The fourth-order valence-electron chi connectivity index (χ4n) is 0.407. The maximum Gasteiger partial charge on any atom is 0.471 e. The first-order chi connectivity index (χ1) is 5.48. The minimum absolute atomic E-state index is 0.0225. The van der Waals surface area contributed by atoms with Gasteiger partial charge in [-0.2, -0.15) is 13.2 Å². The predicted molar refractivity (Wildman–Crippen MR) is 35.2 cm³/mol. The third-order valence-electron chi connectivity index (χ3n) is 0.881. The first-order valence-corrected chi connectivity index (χ1v) is 3.06. The number of amides is 1. The number of hydrogen-bond donors (Lipinski definition) is 1. The van der Waals surface area contributed by atoms with Crippen molar-refractivity contribution in [1.29, 1.82) is 0 Å². The third-order valence-corrected chi connectivity index (χ3v) is 0.881. The topological polar surface area (TPSA) is 38.3 Å². The Labute approximate surface area is 67.2 Å². The van der Waals surface area contributed by atoms with Crippen molar-refractivity contribution in [2.75, 3.05) is 13.2 Å². The zero-order valence-corrected chi connectivity index (χ0v) is 6.15. The van der Waals surface area contributed by atoms with Gasteiger partial charge in [-0.25, -0.2) is 0 Å². The molecule has 6 heteroatoms. The molecule has 0 radical (unpaired) electrons. The largest absolute Gasteiger partial charge is 0.500 e. The van der Waals surface area contributed by atoms with Gasteiger partial charge in [-0.1, -0.05) is 6.58 Å². The number of halogens is 3. The predicted octanol–water partition coefficient (Wildman–Crippen LogP) is 0.825. The van der Waals surface area contributed by atoms with E-state index < -0.39 is 12.1 Å². The monoisotopic (exact) mass is 183 g/mol. The minimum Gasteiger partial charge on any atom is -0.500 e. The molecule has 0 aliphatic carbocycles. The van der Waals surface area contributed by atoms with Gasteiger partial charge in [0.25, 0.3) is 0 Å². The van der Waals surface area contributed by atoms with Crippen LogP contribution in [0.4, 0.5) is 13.2 Å². The molecule has 0 aliphatic heterocycles. The van der Waals surface area contributed by atoms with Crippen LogP contribution in [0.25, 0.3) is 0 Å². The van der Waals surface area contributed by atoms with Gasteiger partial charge in [0.05, 0.1) is 12.8 Å². The highest BCUT2D eigenvalue weighted by molar-refractivity contribution is 5.81. The Hall–Kier alpha value is -1.20. The molecule has 0 saturated carbocycles. The molecule has 0 fully saturated rings. The van der Waals surface area contributed by atoms with Crippen molar-refractivity contribution in [3.05, 3.63) is 12.8 Å². The Kier molecular flexibility index (Phi) is 4.17. The average molecular weight is 183 g/mol. The molecule has 0 heterocycles. The summed E-state index contributed by atoms with van der Waals surface area (Å²) < 4.78 is 38.9. The number of rotatable bonds is 4. The van der Waals surface area contributed by atoms with Crippen molar-refractivity contribution in [2.45, 2.75) is 6.18 Å². The van der Waals surface area contributed by atoms with Crippen molar-refractivity contribution in [3.8, 4) is 0 Å². The fraction of sp³-hybridized carbons (Fsp3) is 0.500. The van der Waals surface area contributed by atoms with Gasteiger partial charge in [0.15, 0.2) is 0 Å². The highest BCUT2D eigenvalue weighted by atomic mass is 19.4. The lowest BCUT2D eigenvalue weighted by Crippen LogP contribution is -2.38. The van der Waals surface area contributed by atoms with Crippen LogP contribution in [-0.4, -0.2) is 25.2 Å². The van der Waals surface area contributed by atoms with Crippen molar-refractivity contribution in [3.63, 3.8) is 0 Å². The zero-order valence-electron chi connectivity index (χ0n) is 6.15. The molecule has 0 unspecified atom stereocenters. The van der Waals surface area contributed by atoms with Crippen LogP contribution in [0.2, 0.25) is 0 Å². The van der Waals surface area contributed by atoms with Crippen LogP contribution in [-0.2, 0) is 9.53 Å². The highest BCUT2D eigenvalue weighted by Gasteiger charge is 2.38. The van der Waals surface area contributed by atoms with E-state index in [-0.39, 0.29) is 13.2 Å². The molecule has 0 rings (SSSR count). The summed E-state index contributed by atoms with van der Waals surface area (Å²) in [5.41, 5.74) is 0. The van der Waals surface area contributed by atoms with Crippen LogP contribution in [0.5, 0.6) is 0 Å². The Morgan fingerprint density at radius 2 is 2.17 bits per heavy atom. The second kappa shape index (κ2) is 4.63. The molecule has 1 amide bonds. The number of hydrogen-bond acceptors (Lipinski definition) is 2. The summed E-state index contributed by atoms with van der Waals surface area (Å²) in [6, 6.07) is 0. The smallest absolute Gasteiger partial charge is 0.471 e. The van der Waals surface area contributed by atoms with Crippen LogP contribution in [0, 0.1) is 0 Å². The van der Waals surface area contributed by atoms with Crippen LogP contribution in [0.15, 0.2) is 12.8 Å². The number of nitrogens with one attached hydrogen (secondary N) is 1. The van der Waals surface area contributed by atoms with Gasteiger partial charge in [0, 0.05) is 0 Å². The quantitative estimate of drug-likeness (QED) is 0.517. The van der Waals surface area contributed by atoms with Crippen LogP contribution < -0.4 is 5.32 Å². The second-order valence-corrected chi connectivity index (χ2v) is 1.79. The lowest BCUT2D eigenvalue weighted by atomic mass is 10.5. The summed E-state index contributed by atoms with van der Waals surface area (Å²) in [6.07, 6.45) is -3.74. The van der Waals surface area contributed by atoms with E-state index in [4.69, 9.17) is 0 Å². The van der Waals surface area contributed by atoms with Gasteiger partial charge in [-0.3, -0.25) is 4.79 Å². The average Bonchev–Trinajstić information content (AvgIpc) is 1.96. The van der Waals surface area contributed by atoms with Crippen molar-refractivity contribution in [1.82, 2.24) is 5.32 Å². The fourth-order valence-corrected chi connectivity index (χ4v) is 0.407. The summed E-state index contributed by atoms with van der Waals surface area (Å²) in [7, 11) is 0.